The number of hydrogen-bond donors (Lipinski definition) is 2. The van der Waals surface area contributed by atoms with Gasteiger partial charge in [-0.3, -0.25) is 4.79 Å². The summed E-state index contributed by atoms with van der Waals surface area (Å²) >= 11 is 0. The molecule has 1 aromatic rings. The maximum Gasteiger partial charge on any atom is 0.220 e. The summed E-state index contributed by atoms with van der Waals surface area (Å²) < 4.78 is 0. The molecule has 1 amide bonds. The van der Waals surface area contributed by atoms with Crippen molar-refractivity contribution in [2.45, 2.75) is 32.2 Å². The van der Waals surface area contributed by atoms with Crippen molar-refractivity contribution in [3.8, 4) is 0 Å². The van der Waals surface area contributed by atoms with Gasteiger partial charge in [-0.15, -0.1) is 0 Å². The van der Waals surface area contributed by atoms with Gasteiger partial charge in [0.15, 0.2) is 0 Å². The monoisotopic (exact) mass is 289 g/mol. The molecule has 0 bridgehead atoms. The molecule has 2 unspecified atom stereocenters. The maximum absolute atomic E-state index is 12.3. The number of rotatable bonds is 6. The quantitative estimate of drug-likeness (QED) is 0.844. The second-order valence-corrected chi connectivity index (χ2v) is 6.55. The number of fused-ring (bicyclic) bond motifs is 1. The van der Waals surface area contributed by atoms with Crippen LogP contribution < -0.4 is 10.6 Å². The van der Waals surface area contributed by atoms with E-state index in [4.69, 9.17) is 0 Å². The van der Waals surface area contributed by atoms with E-state index in [1.165, 1.54) is 11.3 Å². The molecule has 0 saturated heterocycles. The first kappa shape index (κ1) is 15.8. The molecule has 1 heterocycles. The zero-order valence-corrected chi connectivity index (χ0v) is 13.5. The number of nitrogens with zero attached hydrogens (tertiary/aromatic N) is 1. The lowest BCUT2D eigenvalue weighted by molar-refractivity contribution is -0.122. The van der Waals surface area contributed by atoms with Gasteiger partial charge >= 0.3 is 0 Å². The molecule has 1 aliphatic heterocycles. The number of amides is 1. The van der Waals surface area contributed by atoms with Crippen molar-refractivity contribution in [2.75, 3.05) is 32.5 Å². The molecule has 0 fully saturated rings. The van der Waals surface area contributed by atoms with Crippen molar-refractivity contribution in [3.05, 3.63) is 29.8 Å². The van der Waals surface area contributed by atoms with E-state index in [-0.39, 0.29) is 17.9 Å². The molecule has 0 spiro atoms. The minimum Gasteiger partial charge on any atom is -0.384 e. The van der Waals surface area contributed by atoms with Crippen LogP contribution in [0.15, 0.2) is 24.3 Å². The van der Waals surface area contributed by atoms with Gasteiger partial charge in [-0.2, -0.15) is 0 Å². The zero-order valence-electron chi connectivity index (χ0n) is 13.5. The van der Waals surface area contributed by atoms with Crippen LogP contribution in [-0.4, -0.2) is 44.0 Å². The number of benzene rings is 1. The Bertz CT molecular complexity index is 485. The van der Waals surface area contributed by atoms with Gasteiger partial charge in [0.1, 0.15) is 0 Å². The van der Waals surface area contributed by atoms with Crippen molar-refractivity contribution in [1.82, 2.24) is 10.2 Å². The van der Waals surface area contributed by atoms with Crippen LogP contribution >= 0.6 is 0 Å². The highest BCUT2D eigenvalue weighted by atomic mass is 16.1. The highest BCUT2D eigenvalue weighted by Crippen LogP contribution is 2.33. The molecule has 2 atom stereocenters. The van der Waals surface area contributed by atoms with E-state index in [0.29, 0.717) is 12.3 Å². The lowest BCUT2D eigenvalue weighted by Gasteiger charge is -2.26. The number of nitrogens with one attached hydrogen (secondary N) is 2. The van der Waals surface area contributed by atoms with Gasteiger partial charge in [-0.1, -0.05) is 32.0 Å². The van der Waals surface area contributed by atoms with Crippen molar-refractivity contribution in [2.24, 2.45) is 5.92 Å². The van der Waals surface area contributed by atoms with Gasteiger partial charge in [0.05, 0.1) is 0 Å². The fourth-order valence-electron chi connectivity index (χ4n) is 2.85. The third-order valence-electron chi connectivity index (χ3n) is 4.08. The Hall–Kier alpha value is -1.55. The SMILES string of the molecule is CC(C)C(CN(C)C)NC(=O)CC1CNc2ccccc21. The Morgan fingerprint density at radius 3 is 2.76 bits per heavy atom. The lowest BCUT2D eigenvalue weighted by Crippen LogP contribution is -2.45. The number of para-hydroxylation sites is 1. The van der Waals surface area contributed by atoms with Crippen LogP contribution in [0.2, 0.25) is 0 Å². The molecule has 21 heavy (non-hydrogen) atoms. The Balaban J connectivity index is 1.93. The molecule has 2 rings (SSSR count). The van der Waals surface area contributed by atoms with Gasteiger partial charge in [0.25, 0.3) is 0 Å². The second kappa shape index (κ2) is 6.94. The molecule has 0 radical (unpaired) electrons. The normalized spacial score (nSPS) is 18.5. The minimum atomic E-state index is 0.152. The van der Waals surface area contributed by atoms with Crippen molar-refractivity contribution < 1.29 is 4.79 Å². The Kier molecular flexibility index (Phi) is 5.23. The first-order chi connectivity index (χ1) is 9.97. The van der Waals surface area contributed by atoms with E-state index >= 15 is 0 Å². The summed E-state index contributed by atoms with van der Waals surface area (Å²) in [7, 11) is 4.08. The van der Waals surface area contributed by atoms with Crippen LogP contribution in [0.5, 0.6) is 0 Å². The highest BCUT2D eigenvalue weighted by molar-refractivity contribution is 5.78. The Morgan fingerprint density at radius 1 is 1.38 bits per heavy atom. The Labute approximate surface area is 127 Å². The van der Waals surface area contributed by atoms with Crippen LogP contribution in [0.4, 0.5) is 5.69 Å². The van der Waals surface area contributed by atoms with Crippen molar-refractivity contribution in [3.63, 3.8) is 0 Å². The number of carbonyl (C=O) groups is 1. The molecular weight excluding hydrogens is 262 g/mol. The highest BCUT2D eigenvalue weighted by Gasteiger charge is 2.25. The molecule has 4 nitrogen and oxygen atoms in total. The van der Waals surface area contributed by atoms with Gasteiger partial charge in [-0.25, -0.2) is 0 Å². The zero-order chi connectivity index (χ0) is 15.4. The first-order valence-corrected chi connectivity index (χ1v) is 7.74. The molecule has 1 aliphatic rings. The molecule has 1 aromatic carbocycles. The van der Waals surface area contributed by atoms with E-state index in [0.717, 1.165) is 13.1 Å². The number of hydrogen-bond acceptors (Lipinski definition) is 3. The first-order valence-electron chi connectivity index (χ1n) is 7.74. The van der Waals surface area contributed by atoms with Gasteiger partial charge < -0.3 is 15.5 Å². The summed E-state index contributed by atoms with van der Waals surface area (Å²) in [6, 6.07) is 8.47. The summed E-state index contributed by atoms with van der Waals surface area (Å²) in [5, 5.41) is 6.57. The average molecular weight is 289 g/mol. The summed E-state index contributed by atoms with van der Waals surface area (Å²) in [6.07, 6.45) is 0.556. The fraction of sp³-hybridized carbons (Fsp3) is 0.588. The fourth-order valence-corrected chi connectivity index (χ4v) is 2.85. The van der Waals surface area contributed by atoms with E-state index in [1.807, 2.05) is 26.2 Å². The van der Waals surface area contributed by atoms with Crippen LogP contribution in [0, 0.1) is 5.92 Å². The Morgan fingerprint density at radius 2 is 2.10 bits per heavy atom. The standard InChI is InChI=1S/C17H27N3O/c1-12(2)16(11-20(3)4)19-17(21)9-13-10-18-15-8-6-5-7-14(13)15/h5-8,12-13,16,18H,9-11H2,1-4H3,(H,19,21). The van der Waals surface area contributed by atoms with Gasteiger partial charge in [0.2, 0.25) is 5.91 Å². The topological polar surface area (TPSA) is 44.4 Å². The number of anilines is 1. The predicted octanol–water partition coefficient (Wildman–Crippen LogP) is 2.29. The van der Waals surface area contributed by atoms with E-state index < -0.39 is 0 Å². The van der Waals surface area contributed by atoms with Crippen LogP contribution in [0.25, 0.3) is 0 Å². The molecule has 2 N–H and O–H groups in total. The van der Waals surface area contributed by atoms with E-state index in [1.54, 1.807) is 0 Å². The lowest BCUT2D eigenvalue weighted by atomic mass is 9.96. The molecule has 0 saturated carbocycles. The number of likely N-dealkylation sites (N-methyl/N-ethyl adjacent to an activating group) is 1. The predicted molar refractivity (Wildman–Crippen MR) is 87.6 cm³/mol. The summed E-state index contributed by atoms with van der Waals surface area (Å²) in [5.74, 6) is 0.873. The summed E-state index contributed by atoms with van der Waals surface area (Å²) in [6.45, 7) is 6.04. The third-order valence-corrected chi connectivity index (χ3v) is 4.08. The molecule has 0 aliphatic carbocycles. The maximum atomic E-state index is 12.3. The van der Waals surface area contributed by atoms with E-state index in [2.05, 4.69) is 41.5 Å². The molecule has 116 valence electrons. The van der Waals surface area contributed by atoms with Crippen molar-refractivity contribution >= 4 is 11.6 Å². The average Bonchev–Trinajstić information content (AvgIpc) is 2.81. The van der Waals surface area contributed by atoms with Crippen LogP contribution in [-0.2, 0) is 4.79 Å². The van der Waals surface area contributed by atoms with Crippen LogP contribution in [0.1, 0.15) is 31.7 Å². The second-order valence-electron chi connectivity index (χ2n) is 6.55. The largest absolute Gasteiger partial charge is 0.384 e. The van der Waals surface area contributed by atoms with Gasteiger partial charge in [-0.05, 0) is 31.6 Å². The van der Waals surface area contributed by atoms with Crippen molar-refractivity contribution in [1.29, 1.82) is 0 Å². The minimum absolute atomic E-state index is 0.152. The third kappa shape index (κ3) is 4.21. The van der Waals surface area contributed by atoms with Crippen LogP contribution in [0.3, 0.4) is 0 Å². The summed E-state index contributed by atoms with van der Waals surface area (Å²) in [5.41, 5.74) is 2.44. The van der Waals surface area contributed by atoms with Gasteiger partial charge in [0, 0.05) is 37.2 Å². The molecule has 0 aromatic heterocycles. The smallest absolute Gasteiger partial charge is 0.220 e. The number of carbonyl (C=O) groups excluding carboxylic acids is 1. The van der Waals surface area contributed by atoms with E-state index in [9.17, 15) is 4.79 Å². The summed E-state index contributed by atoms with van der Waals surface area (Å²) in [4.78, 5) is 14.5. The molecule has 4 heteroatoms. The molecular formula is C17H27N3O.